The van der Waals surface area contributed by atoms with Gasteiger partial charge in [0.1, 0.15) is 0 Å². The molecule has 4 nitrogen and oxygen atoms in total. The predicted molar refractivity (Wildman–Crippen MR) is 149 cm³/mol. The number of pyridine rings is 2. The summed E-state index contributed by atoms with van der Waals surface area (Å²) in [5, 5.41) is 9.21. The van der Waals surface area contributed by atoms with Crippen LogP contribution in [0.1, 0.15) is 35.2 Å². The van der Waals surface area contributed by atoms with Crippen LogP contribution in [0.3, 0.4) is 0 Å². The summed E-state index contributed by atoms with van der Waals surface area (Å²) in [6.07, 6.45) is 6.10. The number of anilines is 1. The fourth-order valence-corrected chi connectivity index (χ4v) is 5.66. The maximum absolute atomic E-state index is 5.03. The van der Waals surface area contributed by atoms with E-state index in [-0.39, 0.29) is 0 Å². The van der Waals surface area contributed by atoms with E-state index in [2.05, 4.69) is 84.6 Å². The summed E-state index contributed by atoms with van der Waals surface area (Å²) in [7, 11) is 0. The van der Waals surface area contributed by atoms with Crippen molar-refractivity contribution in [2.45, 2.75) is 44.4 Å². The zero-order chi connectivity index (χ0) is 24.2. The number of unbranched alkanes of at least 4 members (excludes halogenated alkanes) is 1. The SMILES string of the molecule is C=C1Nc2c(C)ccc(CCNCCCCc3cc4cccnc4c(-c4cccc(C)c4)n3)c2S1. The molecule has 5 heteroatoms. The van der Waals surface area contributed by atoms with E-state index in [1.165, 1.54) is 27.3 Å². The molecule has 0 radical (unpaired) electrons. The number of aryl methyl sites for hydroxylation is 3. The van der Waals surface area contributed by atoms with E-state index in [1.807, 2.05) is 12.3 Å². The molecule has 0 saturated heterocycles. The van der Waals surface area contributed by atoms with Crippen LogP contribution >= 0.6 is 11.8 Å². The third kappa shape index (κ3) is 5.42. The summed E-state index contributed by atoms with van der Waals surface area (Å²) in [6, 6.07) is 19.3. The molecule has 1 aliphatic rings. The molecule has 2 aromatic carbocycles. The van der Waals surface area contributed by atoms with Crippen LogP contribution in [0.15, 0.2) is 77.3 Å². The molecule has 0 spiro atoms. The first-order valence-electron chi connectivity index (χ1n) is 12.4. The van der Waals surface area contributed by atoms with E-state index in [1.54, 1.807) is 11.8 Å². The maximum atomic E-state index is 5.03. The minimum atomic E-state index is 0.973. The van der Waals surface area contributed by atoms with Crippen LogP contribution < -0.4 is 10.6 Å². The van der Waals surface area contributed by atoms with Gasteiger partial charge in [-0.15, -0.1) is 0 Å². The molecule has 4 aromatic rings. The molecule has 0 amide bonds. The fraction of sp³-hybridized carbons (Fsp3) is 0.267. The normalized spacial score (nSPS) is 12.7. The van der Waals surface area contributed by atoms with Crippen molar-refractivity contribution in [3.63, 3.8) is 0 Å². The van der Waals surface area contributed by atoms with Crippen LogP contribution in [-0.2, 0) is 12.8 Å². The average Bonchev–Trinajstić information content (AvgIpc) is 3.26. The molecule has 2 N–H and O–H groups in total. The van der Waals surface area contributed by atoms with Crippen LogP contribution in [0.4, 0.5) is 5.69 Å². The zero-order valence-corrected chi connectivity index (χ0v) is 21.3. The molecular formula is C30H32N4S. The Balaban J connectivity index is 1.15. The van der Waals surface area contributed by atoms with Crippen molar-refractivity contribution < 1.29 is 0 Å². The van der Waals surface area contributed by atoms with Gasteiger partial charge < -0.3 is 10.6 Å². The van der Waals surface area contributed by atoms with Crippen molar-refractivity contribution in [2.75, 3.05) is 18.4 Å². The summed E-state index contributed by atoms with van der Waals surface area (Å²) in [5.74, 6) is 0. The number of hydrogen-bond acceptors (Lipinski definition) is 5. The van der Waals surface area contributed by atoms with Crippen molar-refractivity contribution in [3.8, 4) is 11.3 Å². The standard InChI is InChI=1S/C30H32N4S/c1-20-8-6-9-24(18-20)29-28-25(10-7-16-32-28)19-26(34-29)11-4-5-15-31-17-14-23-13-12-21(2)27-30(23)35-22(3)33-27/h6-10,12-13,16,18-19,31,33H,3-5,11,14-15,17H2,1-2H3. The van der Waals surface area contributed by atoms with Gasteiger partial charge in [0.25, 0.3) is 0 Å². The Morgan fingerprint density at radius 3 is 2.77 bits per heavy atom. The molecule has 5 rings (SSSR count). The quantitative estimate of drug-likeness (QED) is 0.251. The summed E-state index contributed by atoms with van der Waals surface area (Å²) >= 11 is 1.76. The molecule has 178 valence electrons. The first-order chi connectivity index (χ1) is 17.1. The zero-order valence-electron chi connectivity index (χ0n) is 20.5. The molecule has 0 unspecified atom stereocenters. The lowest BCUT2D eigenvalue weighted by Gasteiger charge is -2.11. The highest BCUT2D eigenvalue weighted by Crippen LogP contribution is 2.44. The minimum Gasteiger partial charge on any atom is -0.349 e. The summed E-state index contributed by atoms with van der Waals surface area (Å²) < 4.78 is 0. The van der Waals surface area contributed by atoms with E-state index in [0.29, 0.717) is 0 Å². The largest absolute Gasteiger partial charge is 0.349 e. The summed E-state index contributed by atoms with van der Waals surface area (Å²) in [6.45, 7) is 10.4. The monoisotopic (exact) mass is 480 g/mol. The number of nitrogens with zero attached hydrogens (tertiary/aromatic N) is 2. The molecule has 3 heterocycles. The number of nitrogens with one attached hydrogen (secondary N) is 2. The summed E-state index contributed by atoms with van der Waals surface area (Å²) in [5.41, 5.74) is 9.39. The second-order valence-corrected chi connectivity index (χ2v) is 10.4. The van der Waals surface area contributed by atoms with Gasteiger partial charge in [0, 0.05) is 27.7 Å². The van der Waals surface area contributed by atoms with E-state index in [4.69, 9.17) is 4.98 Å². The molecule has 1 aliphatic heterocycles. The van der Waals surface area contributed by atoms with Crippen LogP contribution in [0.5, 0.6) is 0 Å². The van der Waals surface area contributed by atoms with Crippen molar-refractivity contribution >= 4 is 28.4 Å². The second kappa shape index (κ2) is 10.6. The second-order valence-electron chi connectivity index (χ2n) is 9.26. The number of hydrogen-bond donors (Lipinski definition) is 2. The van der Waals surface area contributed by atoms with Gasteiger partial charge in [-0.05, 0) is 81.9 Å². The van der Waals surface area contributed by atoms with Crippen LogP contribution in [0.2, 0.25) is 0 Å². The van der Waals surface area contributed by atoms with Crippen LogP contribution in [0.25, 0.3) is 22.2 Å². The lowest BCUT2D eigenvalue weighted by molar-refractivity contribution is 0.618. The first-order valence-corrected chi connectivity index (χ1v) is 13.2. The van der Waals surface area contributed by atoms with Crippen LogP contribution in [0, 0.1) is 13.8 Å². The topological polar surface area (TPSA) is 49.8 Å². The van der Waals surface area contributed by atoms with Gasteiger partial charge in [-0.3, -0.25) is 9.97 Å². The molecule has 2 aromatic heterocycles. The number of rotatable bonds is 9. The Hall–Kier alpha value is -3.15. The third-order valence-corrected chi connectivity index (χ3v) is 7.50. The minimum absolute atomic E-state index is 0.973. The van der Waals surface area contributed by atoms with E-state index in [9.17, 15) is 0 Å². The fourth-order valence-electron chi connectivity index (χ4n) is 4.65. The Morgan fingerprint density at radius 1 is 0.971 bits per heavy atom. The van der Waals surface area contributed by atoms with Gasteiger partial charge >= 0.3 is 0 Å². The third-order valence-electron chi connectivity index (χ3n) is 6.48. The maximum Gasteiger partial charge on any atom is 0.0967 e. The van der Waals surface area contributed by atoms with Crippen molar-refractivity contribution in [3.05, 3.63) is 94.8 Å². The average molecular weight is 481 g/mol. The highest BCUT2D eigenvalue weighted by molar-refractivity contribution is 8.03. The van der Waals surface area contributed by atoms with E-state index in [0.717, 1.165) is 71.7 Å². The Labute approximate surface area is 212 Å². The number of benzene rings is 2. The Morgan fingerprint density at radius 2 is 1.89 bits per heavy atom. The number of fused-ring (bicyclic) bond motifs is 2. The molecule has 0 atom stereocenters. The molecule has 0 bridgehead atoms. The van der Waals surface area contributed by atoms with Gasteiger partial charge in [0.15, 0.2) is 0 Å². The van der Waals surface area contributed by atoms with Crippen molar-refractivity contribution in [1.82, 2.24) is 15.3 Å². The Bertz CT molecular complexity index is 1380. The molecule has 35 heavy (non-hydrogen) atoms. The van der Waals surface area contributed by atoms with Gasteiger partial charge in [-0.1, -0.05) is 60.3 Å². The molecule has 0 fully saturated rings. The predicted octanol–water partition coefficient (Wildman–Crippen LogP) is 7.06. The highest BCUT2D eigenvalue weighted by atomic mass is 32.2. The molecule has 0 saturated carbocycles. The summed E-state index contributed by atoms with van der Waals surface area (Å²) in [4.78, 5) is 11.0. The first kappa shape index (κ1) is 23.6. The molecule has 0 aliphatic carbocycles. The lowest BCUT2D eigenvalue weighted by Crippen LogP contribution is -2.19. The van der Waals surface area contributed by atoms with Crippen molar-refractivity contribution in [2.24, 2.45) is 0 Å². The molecular weight excluding hydrogens is 448 g/mol. The smallest absolute Gasteiger partial charge is 0.0967 e. The van der Waals surface area contributed by atoms with Gasteiger partial charge in [-0.25, -0.2) is 0 Å². The number of aromatic nitrogens is 2. The van der Waals surface area contributed by atoms with Gasteiger partial charge in [-0.2, -0.15) is 0 Å². The van der Waals surface area contributed by atoms with E-state index < -0.39 is 0 Å². The number of thioether (sulfide) groups is 1. The van der Waals surface area contributed by atoms with Gasteiger partial charge in [0.2, 0.25) is 0 Å². The van der Waals surface area contributed by atoms with Gasteiger partial charge in [0.05, 0.1) is 21.9 Å². The van der Waals surface area contributed by atoms with Crippen molar-refractivity contribution in [1.29, 1.82) is 0 Å². The van der Waals surface area contributed by atoms with E-state index >= 15 is 0 Å². The highest BCUT2D eigenvalue weighted by Gasteiger charge is 2.19. The Kier molecular flexibility index (Phi) is 7.16. The lowest BCUT2D eigenvalue weighted by atomic mass is 10.0. The van der Waals surface area contributed by atoms with Crippen LogP contribution in [-0.4, -0.2) is 23.1 Å².